The number of fused-ring (bicyclic) bond motifs is 1. The lowest BCUT2D eigenvalue weighted by Gasteiger charge is -1.95. The SMILES string of the molecule is O=Cc1ccc(-c2ccc3nc(-c4ccccc4)oc3c2)o1. The summed E-state index contributed by atoms with van der Waals surface area (Å²) in [5.74, 6) is 1.51. The van der Waals surface area contributed by atoms with Gasteiger partial charge in [-0.05, 0) is 42.5 Å². The van der Waals surface area contributed by atoms with Crippen molar-refractivity contribution < 1.29 is 13.6 Å². The predicted molar refractivity (Wildman–Crippen MR) is 82.5 cm³/mol. The van der Waals surface area contributed by atoms with Crippen LogP contribution >= 0.6 is 0 Å². The first kappa shape index (κ1) is 12.6. The third kappa shape index (κ3) is 2.11. The second kappa shape index (κ2) is 5.00. The van der Waals surface area contributed by atoms with E-state index in [2.05, 4.69) is 4.98 Å². The highest BCUT2D eigenvalue weighted by Gasteiger charge is 2.10. The first-order chi connectivity index (χ1) is 10.8. The Morgan fingerprint density at radius 2 is 1.73 bits per heavy atom. The zero-order valence-corrected chi connectivity index (χ0v) is 11.5. The van der Waals surface area contributed by atoms with Gasteiger partial charge in [-0.15, -0.1) is 0 Å². The van der Waals surface area contributed by atoms with E-state index in [-0.39, 0.29) is 0 Å². The first-order valence-electron chi connectivity index (χ1n) is 6.85. The zero-order chi connectivity index (χ0) is 14.9. The quantitative estimate of drug-likeness (QED) is 0.518. The molecule has 106 valence electrons. The molecule has 0 radical (unpaired) electrons. The maximum atomic E-state index is 10.7. The molecule has 2 aromatic heterocycles. The number of aromatic nitrogens is 1. The lowest BCUT2D eigenvalue weighted by atomic mass is 10.1. The summed E-state index contributed by atoms with van der Waals surface area (Å²) in [5.41, 5.74) is 3.24. The van der Waals surface area contributed by atoms with Crippen molar-refractivity contribution in [2.45, 2.75) is 0 Å². The molecule has 4 aromatic rings. The molecule has 0 aliphatic rings. The van der Waals surface area contributed by atoms with Gasteiger partial charge >= 0.3 is 0 Å². The summed E-state index contributed by atoms with van der Waals surface area (Å²) in [7, 11) is 0. The molecule has 0 spiro atoms. The maximum Gasteiger partial charge on any atom is 0.227 e. The fourth-order valence-electron chi connectivity index (χ4n) is 2.35. The Bertz CT molecular complexity index is 951. The topological polar surface area (TPSA) is 56.2 Å². The summed E-state index contributed by atoms with van der Waals surface area (Å²) in [4.78, 5) is 15.2. The van der Waals surface area contributed by atoms with Gasteiger partial charge in [-0.25, -0.2) is 4.98 Å². The van der Waals surface area contributed by atoms with Gasteiger partial charge in [0.05, 0.1) is 0 Å². The highest BCUT2D eigenvalue weighted by molar-refractivity contribution is 5.82. The molecule has 0 N–H and O–H groups in total. The molecule has 0 fully saturated rings. The average molecular weight is 289 g/mol. The summed E-state index contributed by atoms with van der Waals surface area (Å²) in [6, 6.07) is 18.8. The molecule has 4 heteroatoms. The van der Waals surface area contributed by atoms with E-state index in [1.807, 2.05) is 48.5 Å². The zero-order valence-electron chi connectivity index (χ0n) is 11.5. The summed E-state index contributed by atoms with van der Waals surface area (Å²) >= 11 is 0. The number of oxazole rings is 1. The van der Waals surface area contributed by atoms with Crippen LogP contribution in [0.25, 0.3) is 33.9 Å². The van der Waals surface area contributed by atoms with Crippen molar-refractivity contribution in [2.24, 2.45) is 0 Å². The molecule has 0 saturated carbocycles. The van der Waals surface area contributed by atoms with Crippen LogP contribution in [0, 0.1) is 0 Å². The van der Waals surface area contributed by atoms with Crippen molar-refractivity contribution >= 4 is 17.4 Å². The summed E-state index contributed by atoms with van der Waals surface area (Å²) < 4.78 is 11.3. The number of hydrogen-bond acceptors (Lipinski definition) is 4. The molecular weight excluding hydrogens is 278 g/mol. The van der Waals surface area contributed by atoms with E-state index in [4.69, 9.17) is 8.83 Å². The number of nitrogens with zero attached hydrogens (tertiary/aromatic N) is 1. The van der Waals surface area contributed by atoms with Crippen LogP contribution in [0.5, 0.6) is 0 Å². The number of carbonyl (C=O) groups is 1. The van der Waals surface area contributed by atoms with E-state index in [1.54, 1.807) is 12.1 Å². The first-order valence-corrected chi connectivity index (χ1v) is 6.85. The second-order valence-electron chi connectivity index (χ2n) is 4.89. The van der Waals surface area contributed by atoms with E-state index in [0.29, 0.717) is 29.3 Å². The molecule has 22 heavy (non-hydrogen) atoms. The van der Waals surface area contributed by atoms with Gasteiger partial charge in [0.15, 0.2) is 17.6 Å². The largest absolute Gasteiger partial charge is 0.453 e. The molecule has 0 amide bonds. The van der Waals surface area contributed by atoms with E-state index in [1.165, 1.54) is 0 Å². The molecular formula is C18H11NO3. The lowest BCUT2D eigenvalue weighted by Crippen LogP contribution is -1.75. The van der Waals surface area contributed by atoms with E-state index >= 15 is 0 Å². The smallest absolute Gasteiger partial charge is 0.227 e. The molecule has 4 nitrogen and oxygen atoms in total. The van der Waals surface area contributed by atoms with E-state index < -0.39 is 0 Å². The third-order valence-electron chi connectivity index (χ3n) is 3.44. The fraction of sp³-hybridized carbons (Fsp3) is 0. The average Bonchev–Trinajstić information content (AvgIpc) is 3.21. The monoisotopic (exact) mass is 289 g/mol. The van der Waals surface area contributed by atoms with Crippen molar-refractivity contribution in [1.82, 2.24) is 4.98 Å². The number of furan rings is 1. The summed E-state index contributed by atoms with van der Waals surface area (Å²) in [6.07, 6.45) is 0.685. The minimum atomic E-state index is 0.303. The minimum absolute atomic E-state index is 0.303. The Labute approximate surface area is 126 Å². The van der Waals surface area contributed by atoms with Gasteiger partial charge in [0, 0.05) is 11.1 Å². The molecule has 2 aromatic carbocycles. The number of aldehydes is 1. The van der Waals surface area contributed by atoms with Crippen molar-refractivity contribution in [1.29, 1.82) is 0 Å². The highest BCUT2D eigenvalue weighted by atomic mass is 16.4. The van der Waals surface area contributed by atoms with Crippen LogP contribution in [0.15, 0.2) is 69.5 Å². The van der Waals surface area contributed by atoms with Crippen LogP contribution in [-0.4, -0.2) is 11.3 Å². The van der Waals surface area contributed by atoms with Gasteiger partial charge in [-0.3, -0.25) is 4.79 Å². The standard InChI is InChI=1S/C18H11NO3/c20-11-14-7-9-16(21-14)13-6-8-15-17(10-13)22-18(19-15)12-4-2-1-3-5-12/h1-11H. The number of hydrogen-bond donors (Lipinski definition) is 0. The molecule has 0 bridgehead atoms. The Morgan fingerprint density at radius 3 is 2.50 bits per heavy atom. The lowest BCUT2D eigenvalue weighted by molar-refractivity contribution is 0.110. The van der Waals surface area contributed by atoms with Crippen LogP contribution in [0.1, 0.15) is 10.6 Å². The Morgan fingerprint density at radius 1 is 0.864 bits per heavy atom. The summed E-state index contributed by atoms with van der Waals surface area (Å²) in [6.45, 7) is 0. The second-order valence-corrected chi connectivity index (χ2v) is 4.89. The third-order valence-corrected chi connectivity index (χ3v) is 3.44. The maximum absolute atomic E-state index is 10.7. The molecule has 4 rings (SSSR count). The Hall–Kier alpha value is -3.14. The van der Waals surface area contributed by atoms with Gasteiger partial charge in [0.2, 0.25) is 5.89 Å². The van der Waals surface area contributed by atoms with Gasteiger partial charge in [0.1, 0.15) is 11.3 Å². The molecule has 0 saturated heterocycles. The molecule has 0 unspecified atom stereocenters. The van der Waals surface area contributed by atoms with Crippen LogP contribution in [0.4, 0.5) is 0 Å². The Balaban J connectivity index is 1.79. The van der Waals surface area contributed by atoms with Gasteiger partial charge in [-0.2, -0.15) is 0 Å². The minimum Gasteiger partial charge on any atom is -0.453 e. The molecule has 0 aliphatic carbocycles. The predicted octanol–water partition coefficient (Wildman–Crippen LogP) is 4.57. The van der Waals surface area contributed by atoms with Crippen molar-refractivity contribution in [3.05, 3.63) is 66.4 Å². The van der Waals surface area contributed by atoms with Crippen molar-refractivity contribution in [3.63, 3.8) is 0 Å². The van der Waals surface area contributed by atoms with E-state index in [0.717, 1.165) is 16.6 Å². The molecule has 2 heterocycles. The van der Waals surface area contributed by atoms with Crippen molar-refractivity contribution in [2.75, 3.05) is 0 Å². The van der Waals surface area contributed by atoms with Crippen LogP contribution < -0.4 is 0 Å². The molecule has 0 atom stereocenters. The highest BCUT2D eigenvalue weighted by Crippen LogP contribution is 2.29. The van der Waals surface area contributed by atoms with Crippen LogP contribution in [-0.2, 0) is 0 Å². The summed E-state index contributed by atoms with van der Waals surface area (Å²) in [5, 5.41) is 0. The Kier molecular flexibility index (Phi) is 2.86. The number of rotatable bonds is 3. The van der Waals surface area contributed by atoms with Gasteiger partial charge < -0.3 is 8.83 Å². The van der Waals surface area contributed by atoms with Crippen LogP contribution in [0.2, 0.25) is 0 Å². The number of carbonyl (C=O) groups excluding carboxylic acids is 1. The van der Waals surface area contributed by atoms with Gasteiger partial charge in [-0.1, -0.05) is 18.2 Å². The van der Waals surface area contributed by atoms with Crippen LogP contribution in [0.3, 0.4) is 0 Å². The fourth-order valence-corrected chi connectivity index (χ4v) is 2.35. The van der Waals surface area contributed by atoms with Gasteiger partial charge in [0.25, 0.3) is 0 Å². The molecule has 0 aliphatic heterocycles. The van der Waals surface area contributed by atoms with E-state index in [9.17, 15) is 4.79 Å². The van der Waals surface area contributed by atoms with Crippen molar-refractivity contribution in [3.8, 4) is 22.8 Å². The normalized spacial score (nSPS) is 10.9. The number of benzene rings is 2.